The minimum absolute atomic E-state index is 0.142. The summed E-state index contributed by atoms with van der Waals surface area (Å²) < 4.78 is 33.4. The zero-order valence-corrected chi connectivity index (χ0v) is 21.9. The quantitative estimate of drug-likeness (QED) is 0.187. The summed E-state index contributed by atoms with van der Waals surface area (Å²) in [7, 11) is 0. The van der Waals surface area contributed by atoms with Gasteiger partial charge in [0.2, 0.25) is 0 Å². The van der Waals surface area contributed by atoms with Gasteiger partial charge in [-0.2, -0.15) is 0 Å². The second kappa shape index (κ2) is 16.1. The van der Waals surface area contributed by atoms with E-state index in [0.29, 0.717) is 13.2 Å². The van der Waals surface area contributed by atoms with Crippen LogP contribution >= 0.6 is 0 Å². The molecule has 8 nitrogen and oxygen atoms in total. The molecule has 0 aliphatic rings. The Bertz CT molecular complexity index is 1040. The van der Waals surface area contributed by atoms with E-state index in [1.165, 1.54) is 12.1 Å². The summed E-state index contributed by atoms with van der Waals surface area (Å²) in [5, 5.41) is 0. The van der Waals surface area contributed by atoms with Crippen molar-refractivity contribution in [2.75, 3.05) is 39.6 Å². The Kier molecular flexibility index (Phi) is 12.1. The van der Waals surface area contributed by atoms with Crippen molar-refractivity contribution in [3.8, 4) is 11.5 Å². The Labute approximate surface area is 223 Å². The van der Waals surface area contributed by atoms with Gasteiger partial charge in [0.15, 0.2) is 0 Å². The normalized spacial score (nSPS) is 10.6. The molecule has 0 spiro atoms. The maximum Gasteiger partial charge on any atom is 0.342 e. The second-order valence-corrected chi connectivity index (χ2v) is 8.06. The molecule has 202 valence electrons. The SMILES string of the molecule is CCOC(=O)c1cc(OCCOCc2ccccc2)c(C(=O)OCC)cc1OCCOCc1ccccc1. The number of ether oxygens (including phenoxy) is 6. The van der Waals surface area contributed by atoms with E-state index < -0.39 is 11.9 Å². The van der Waals surface area contributed by atoms with E-state index in [2.05, 4.69) is 0 Å². The molecule has 0 radical (unpaired) electrons. The van der Waals surface area contributed by atoms with Crippen LogP contribution in [0.5, 0.6) is 11.5 Å². The first-order chi connectivity index (χ1) is 18.6. The van der Waals surface area contributed by atoms with E-state index in [4.69, 9.17) is 28.4 Å². The summed E-state index contributed by atoms with van der Waals surface area (Å²) in [4.78, 5) is 25.4. The first kappa shape index (κ1) is 28.7. The molecule has 0 aliphatic heterocycles. The van der Waals surface area contributed by atoms with Gasteiger partial charge in [-0.3, -0.25) is 0 Å². The second-order valence-electron chi connectivity index (χ2n) is 8.06. The molecule has 0 unspecified atom stereocenters. The lowest BCUT2D eigenvalue weighted by Gasteiger charge is -2.17. The Morgan fingerprint density at radius 3 is 1.34 bits per heavy atom. The van der Waals surface area contributed by atoms with Gasteiger partial charge in [0.1, 0.15) is 35.8 Å². The zero-order chi connectivity index (χ0) is 27.0. The molecule has 0 bridgehead atoms. The molecule has 0 aliphatic carbocycles. The van der Waals surface area contributed by atoms with Crippen LogP contribution in [0.1, 0.15) is 45.7 Å². The fourth-order valence-corrected chi connectivity index (χ4v) is 3.49. The van der Waals surface area contributed by atoms with Crippen LogP contribution < -0.4 is 9.47 Å². The Hall–Kier alpha value is -3.88. The van der Waals surface area contributed by atoms with Crippen LogP contribution in [0.25, 0.3) is 0 Å². The molecule has 38 heavy (non-hydrogen) atoms. The highest BCUT2D eigenvalue weighted by atomic mass is 16.6. The van der Waals surface area contributed by atoms with Gasteiger partial charge in [0.05, 0.1) is 39.6 Å². The largest absolute Gasteiger partial charge is 0.490 e. The van der Waals surface area contributed by atoms with E-state index in [9.17, 15) is 9.59 Å². The lowest BCUT2D eigenvalue weighted by Crippen LogP contribution is -2.16. The molecule has 0 aromatic heterocycles. The van der Waals surface area contributed by atoms with Crippen molar-refractivity contribution in [2.24, 2.45) is 0 Å². The Balaban J connectivity index is 1.68. The Morgan fingerprint density at radius 1 is 0.579 bits per heavy atom. The van der Waals surface area contributed by atoms with Crippen molar-refractivity contribution in [1.29, 1.82) is 0 Å². The molecule has 0 N–H and O–H groups in total. The van der Waals surface area contributed by atoms with E-state index in [1.807, 2.05) is 60.7 Å². The third-order valence-electron chi connectivity index (χ3n) is 5.27. The number of carbonyl (C=O) groups excluding carboxylic acids is 2. The van der Waals surface area contributed by atoms with Gasteiger partial charge in [0.25, 0.3) is 0 Å². The predicted molar refractivity (Wildman–Crippen MR) is 142 cm³/mol. The van der Waals surface area contributed by atoms with Gasteiger partial charge in [-0.1, -0.05) is 60.7 Å². The van der Waals surface area contributed by atoms with E-state index in [1.54, 1.807) is 13.8 Å². The summed E-state index contributed by atoms with van der Waals surface area (Å²) in [6.45, 7) is 5.54. The van der Waals surface area contributed by atoms with Gasteiger partial charge in [-0.05, 0) is 37.1 Å². The summed E-state index contributed by atoms with van der Waals surface area (Å²) >= 11 is 0. The number of hydrogen-bond donors (Lipinski definition) is 0. The van der Waals surface area contributed by atoms with Crippen molar-refractivity contribution < 1.29 is 38.0 Å². The third kappa shape index (κ3) is 9.21. The van der Waals surface area contributed by atoms with Crippen LogP contribution in [0.3, 0.4) is 0 Å². The fraction of sp³-hybridized carbons (Fsp3) is 0.333. The summed E-state index contributed by atoms with van der Waals surface area (Å²) in [6.07, 6.45) is 0. The van der Waals surface area contributed by atoms with Crippen LogP contribution in [0.15, 0.2) is 72.8 Å². The molecule has 8 heteroatoms. The topological polar surface area (TPSA) is 89.5 Å². The molecule has 0 saturated heterocycles. The van der Waals surface area contributed by atoms with E-state index in [0.717, 1.165) is 11.1 Å². The smallest absolute Gasteiger partial charge is 0.342 e. The van der Waals surface area contributed by atoms with Crippen LogP contribution in [0.2, 0.25) is 0 Å². The first-order valence-electron chi connectivity index (χ1n) is 12.6. The maximum atomic E-state index is 12.7. The van der Waals surface area contributed by atoms with Crippen molar-refractivity contribution in [3.63, 3.8) is 0 Å². The standard InChI is InChI=1S/C30H34O8/c1-3-35-29(31)25-19-28(38-18-16-34-22-24-13-9-6-10-14-24)26(30(32)36-4-2)20-27(25)37-17-15-33-21-23-11-7-5-8-12-23/h5-14,19-20H,3-4,15-18,21-22H2,1-2H3. The average molecular weight is 523 g/mol. The highest BCUT2D eigenvalue weighted by Gasteiger charge is 2.23. The Morgan fingerprint density at radius 2 is 0.974 bits per heavy atom. The van der Waals surface area contributed by atoms with Gasteiger partial charge < -0.3 is 28.4 Å². The predicted octanol–water partition coefficient (Wildman–Crippen LogP) is 5.23. The minimum atomic E-state index is -0.590. The highest BCUT2D eigenvalue weighted by Crippen LogP contribution is 2.31. The summed E-state index contributed by atoms with van der Waals surface area (Å²) in [5.74, 6) is -0.813. The van der Waals surface area contributed by atoms with E-state index in [-0.39, 0.29) is 62.3 Å². The maximum absolute atomic E-state index is 12.7. The average Bonchev–Trinajstić information content (AvgIpc) is 2.94. The summed E-state index contributed by atoms with van der Waals surface area (Å²) in [6, 6.07) is 22.4. The first-order valence-corrected chi connectivity index (χ1v) is 12.6. The number of rotatable bonds is 16. The monoisotopic (exact) mass is 522 g/mol. The molecule has 0 heterocycles. The third-order valence-corrected chi connectivity index (χ3v) is 5.27. The van der Waals surface area contributed by atoms with Crippen molar-refractivity contribution >= 4 is 11.9 Å². The molecule has 3 aromatic rings. The molecular formula is C30H34O8. The van der Waals surface area contributed by atoms with Crippen molar-refractivity contribution in [3.05, 3.63) is 95.1 Å². The zero-order valence-electron chi connectivity index (χ0n) is 21.9. The van der Waals surface area contributed by atoms with Crippen LogP contribution in [0.4, 0.5) is 0 Å². The molecule has 0 atom stereocenters. The number of carbonyl (C=O) groups is 2. The molecule has 0 amide bonds. The molecule has 0 fully saturated rings. The molecular weight excluding hydrogens is 488 g/mol. The minimum Gasteiger partial charge on any atom is -0.490 e. The van der Waals surface area contributed by atoms with Gasteiger partial charge in [0, 0.05) is 0 Å². The molecule has 0 saturated carbocycles. The number of hydrogen-bond acceptors (Lipinski definition) is 8. The number of esters is 2. The lowest BCUT2D eigenvalue weighted by atomic mass is 10.1. The molecule has 3 aromatic carbocycles. The van der Waals surface area contributed by atoms with Crippen LogP contribution in [0, 0.1) is 0 Å². The van der Waals surface area contributed by atoms with Crippen molar-refractivity contribution in [2.45, 2.75) is 27.1 Å². The highest BCUT2D eigenvalue weighted by molar-refractivity contribution is 5.98. The fourth-order valence-electron chi connectivity index (χ4n) is 3.49. The molecule has 3 rings (SSSR count). The van der Waals surface area contributed by atoms with Gasteiger partial charge in [-0.15, -0.1) is 0 Å². The van der Waals surface area contributed by atoms with Crippen LogP contribution in [-0.4, -0.2) is 51.6 Å². The lowest BCUT2D eigenvalue weighted by molar-refractivity contribution is 0.0494. The van der Waals surface area contributed by atoms with E-state index >= 15 is 0 Å². The van der Waals surface area contributed by atoms with Gasteiger partial charge >= 0.3 is 11.9 Å². The van der Waals surface area contributed by atoms with Crippen LogP contribution in [-0.2, 0) is 32.2 Å². The van der Waals surface area contributed by atoms with Gasteiger partial charge in [-0.25, -0.2) is 9.59 Å². The van der Waals surface area contributed by atoms with Crippen molar-refractivity contribution in [1.82, 2.24) is 0 Å². The summed E-state index contributed by atoms with van der Waals surface area (Å²) in [5.41, 5.74) is 2.36. The number of benzene rings is 3.